The van der Waals surface area contributed by atoms with E-state index in [-0.39, 0.29) is 23.9 Å². The zero-order valence-corrected chi connectivity index (χ0v) is 23.4. The largest absolute Gasteiger partial charge is 0.478 e. The summed E-state index contributed by atoms with van der Waals surface area (Å²) in [6, 6.07) is 30.4. The predicted octanol–water partition coefficient (Wildman–Crippen LogP) is 8.30. The molecule has 0 spiro atoms. The van der Waals surface area contributed by atoms with Crippen LogP contribution < -0.4 is 0 Å². The molecule has 3 unspecified atom stereocenters. The van der Waals surface area contributed by atoms with E-state index in [4.69, 9.17) is 19.5 Å². The average Bonchev–Trinajstić information content (AvgIpc) is 3.69. The van der Waals surface area contributed by atoms with Gasteiger partial charge in [0.15, 0.2) is 11.8 Å². The fourth-order valence-electron chi connectivity index (χ4n) is 6.47. The smallest absolute Gasteiger partial charge is 0.199 e. The molecule has 4 aromatic rings. The monoisotopic (exact) mass is 518 g/mol. The molecule has 0 N–H and O–H groups in total. The molecule has 4 atom stereocenters. The van der Waals surface area contributed by atoms with Gasteiger partial charge in [-0.2, -0.15) is 0 Å². The lowest BCUT2D eigenvalue weighted by Gasteiger charge is -2.29. The van der Waals surface area contributed by atoms with Crippen LogP contribution in [0.1, 0.15) is 63.5 Å². The third kappa shape index (κ3) is 4.40. The van der Waals surface area contributed by atoms with Crippen molar-refractivity contribution < 1.29 is 9.47 Å². The van der Waals surface area contributed by atoms with E-state index in [1.54, 1.807) is 0 Å². The Balaban J connectivity index is 1.29. The summed E-state index contributed by atoms with van der Waals surface area (Å²) < 4.78 is 12.8. The second-order valence-electron chi connectivity index (χ2n) is 11.1. The highest BCUT2D eigenvalue weighted by molar-refractivity contribution is 6.06. The molecule has 2 heterocycles. The lowest BCUT2D eigenvalue weighted by atomic mass is 9.81. The van der Waals surface area contributed by atoms with Gasteiger partial charge in [0.25, 0.3) is 0 Å². The number of benzene rings is 4. The zero-order chi connectivity index (χ0) is 27.0. The predicted molar refractivity (Wildman–Crippen MR) is 162 cm³/mol. The molecular formula is C35H38N2O2. The van der Waals surface area contributed by atoms with Crippen LogP contribution in [0.25, 0.3) is 21.5 Å². The summed E-state index contributed by atoms with van der Waals surface area (Å²) in [6.07, 6.45) is 1.68. The van der Waals surface area contributed by atoms with Crippen LogP contribution in [0.5, 0.6) is 0 Å². The highest BCUT2D eigenvalue weighted by Crippen LogP contribution is 2.40. The van der Waals surface area contributed by atoms with E-state index in [1.807, 2.05) is 0 Å². The first kappa shape index (κ1) is 25.6. The Hall–Kier alpha value is -3.66. The van der Waals surface area contributed by atoms with Gasteiger partial charge >= 0.3 is 0 Å². The summed E-state index contributed by atoms with van der Waals surface area (Å²) in [5.41, 5.74) is 2.22. The van der Waals surface area contributed by atoms with E-state index in [9.17, 15) is 0 Å². The molecule has 2 aliphatic rings. The van der Waals surface area contributed by atoms with Gasteiger partial charge in [-0.05, 0) is 45.5 Å². The molecule has 0 aromatic heterocycles. The van der Waals surface area contributed by atoms with Crippen molar-refractivity contribution in [1.29, 1.82) is 0 Å². The van der Waals surface area contributed by atoms with Crippen molar-refractivity contribution in [1.82, 2.24) is 0 Å². The molecule has 0 radical (unpaired) electrons. The van der Waals surface area contributed by atoms with Crippen LogP contribution in [0.2, 0.25) is 0 Å². The second-order valence-corrected chi connectivity index (χ2v) is 11.1. The Morgan fingerprint density at radius 1 is 0.641 bits per heavy atom. The summed E-state index contributed by atoms with van der Waals surface area (Å²) in [5.74, 6) is 2.07. The maximum Gasteiger partial charge on any atom is 0.199 e. The Labute approximate surface area is 231 Å². The molecule has 4 aromatic carbocycles. The van der Waals surface area contributed by atoms with E-state index < -0.39 is 5.41 Å². The van der Waals surface area contributed by atoms with Crippen molar-refractivity contribution in [2.45, 2.75) is 64.5 Å². The van der Waals surface area contributed by atoms with Crippen molar-refractivity contribution in [2.75, 3.05) is 13.2 Å². The molecule has 0 amide bonds. The molecule has 0 saturated carbocycles. The third-order valence-corrected chi connectivity index (χ3v) is 9.16. The van der Waals surface area contributed by atoms with Crippen molar-refractivity contribution in [3.8, 4) is 0 Å². The first-order valence-corrected chi connectivity index (χ1v) is 14.4. The van der Waals surface area contributed by atoms with Crippen LogP contribution in [-0.2, 0) is 9.47 Å². The van der Waals surface area contributed by atoms with Gasteiger partial charge in [0.1, 0.15) is 18.6 Å². The van der Waals surface area contributed by atoms with Crippen LogP contribution in [0.3, 0.4) is 0 Å². The van der Waals surface area contributed by atoms with Crippen LogP contribution in [0.4, 0.5) is 0 Å². The van der Waals surface area contributed by atoms with Gasteiger partial charge in [0.2, 0.25) is 0 Å². The molecular weight excluding hydrogens is 480 g/mol. The number of fused-ring (bicyclic) bond motifs is 2. The fraction of sp³-hybridized carbons (Fsp3) is 0.371. The van der Waals surface area contributed by atoms with Crippen LogP contribution in [0, 0.1) is 5.41 Å². The maximum absolute atomic E-state index is 6.41. The Kier molecular flexibility index (Phi) is 6.88. The second kappa shape index (κ2) is 10.5. The Bertz CT molecular complexity index is 1430. The number of hydrogen-bond acceptors (Lipinski definition) is 4. The normalized spacial score (nSPS) is 20.8. The highest BCUT2D eigenvalue weighted by Gasteiger charge is 2.47. The highest BCUT2D eigenvalue weighted by atomic mass is 16.5. The number of hydrogen-bond donors (Lipinski definition) is 0. The van der Waals surface area contributed by atoms with E-state index in [2.05, 4.69) is 113 Å². The lowest BCUT2D eigenvalue weighted by molar-refractivity contribution is 0.239. The number of aliphatic imine (C=N–C) groups is 2. The minimum atomic E-state index is -0.430. The first-order chi connectivity index (χ1) is 19.1. The van der Waals surface area contributed by atoms with Gasteiger partial charge in [-0.15, -0.1) is 0 Å². The Morgan fingerprint density at radius 2 is 1.05 bits per heavy atom. The van der Waals surface area contributed by atoms with Gasteiger partial charge in [-0.25, -0.2) is 9.98 Å². The molecule has 6 rings (SSSR count). The third-order valence-electron chi connectivity index (χ3n) is 9.16. The van der Waals surface area contributed by atoms with Crippen molar-refractivity contribution >= 4 is 33.3 Å². The minimum absolute atomic E-state index is 0.0655. The van der Waals surface area contributed by atoms with Crippen LogP contribution >= 0.6 is 0 Å². The molecule has 39 heavy (non-hydrogen) atoms. The van der Waals surface area contributed by atoms with Crippen molar-refractivity contribution in [3.63, 3.8) is 0 Å². The topological polar surface area (TPSA) is 43.2 Å². The molecule has 2 aliphatic heterocycles. The van der Waals surface area contributed by atoms with Crippen molar-refractivity contribution in [2.24, 2.45) is 15.4 Å². The summed E-state index contributed by atoms with van der Waals surface area (Å²) >= 11 is 0. The molecule has 4 heteroatoms. The van der Waals surface area contributed by atoms with E-state index in [1.165, 1.54) is 32.7 Å². The molecule has 200 valence electrons. The molecule has 0 bridgehead atoms. The van der Waals surface area contributed by atoms with E-state index >= 15 is 0 Å². The van der Waals surface area contributed by atoms with Gasteiger partial charge in [-0.3, -0.25) is 0 Å². The first-order valence-electron chi connectivity index (χ1n) is 14.4. The quantitative estimate of drug-likeness (QED) is 0.235. The Morgan fingerprint density at radius 3 is 1.49 bits per heavy atom. The fourth-order valence-corrected chi connectivity index (χ4v) is 6.47. The molecule has 0 aliphatic carbocycles. The zero-order valence-electron chi connectivity index (χ0n) is 23.4. The van der Waals surface area contributed by atoms with Gasteiger partial charge in [0.05, 0.1) is 12.1 Å². The van der Waals surface area contributed by atoms with E-state index in [0.717, 1.165) is 24.6 Å². The summed E-state index contributed by atoms with van der Waals surface area (Å²) in [6.45, 7) is 10.1. The standard InChI is InChI=1S/C35H38N2O2/c1-5-35(6-2,33-36-31(21-38-33)23(3)27-19-11-15-25-13-7-9-17-29(25)27)34-37-32(22-39-34)24(4)28-20-12-16-26-14-8-10-18-30(26)28/h7-20,23-24,31-32H,5-6,21-22H2,1-4H3/t23?,24?,31-,32?/m1/s1. The van der Waals surface area contributed by atoms with Crippen molar-refractivity contribution in [3.05, 3.63) is 96.1 Å². The summed E-state index contributed by atoms with van der Waals surface area (Å²) in [7, 11) is 0. The van der Waals surface area contributed by atoms with Crippen LogP contribution in [-0.4, -0.2) is 37.1 Å². The summed E-state index contributed by atoms with van der Waals surface area (Å²) in [5, 5.41) is 5.12. The van der Waals surface area contributed by atoms with Gasteiger partial charge < -0.3 is 9.47 Å². The van der Waals surface area contributed by atoms with Gasteiger partial charge in [0, 0.05) is 11.8 Å². The molecule has 0 saturated heterocycles. The molecule has 4 nitrogen and oxygen atoms in total. The SMILES string of the molecule is CCC(CC)(C1=NC(C(C)c2cccc3ccccc23)CO1)C1=N[C@@H](C(C)c2cccc3ccccc23)CO1. The van der Waals surface area contributed by atoms with E-state index in [0.29, 0.717) is 13.2 Å². The lowest BCUT2D eigenvalue weighted by Crippen LogP contribution is -2.39. The number of ether oxygens (including phenoxy) is 2. The maximum atomic E-state index is 6.41. The molecule has 0 fully saturated rings. The van der Waals surface area contributed by atoms with Crippen LogP contribution in [0.15, 0.2) is 94.9 Å². The summed E-state index contributed by atoms with van der Waals surface area (Å²) in [4.78, 5) is 10.5. The average molecular weight is 519 g/mol. The number of nitrogens with zero attached hydrogens (tertiary/aromatic N) is 2. The minimum Gasteiger partial charge on any atom is -0.478 e. The number of rotatable bonds is 8. The van der Waals surface area contributed by atoms with Gasteiger partial charge in [-0.1, -0.05) is 113 Å².